The average molecular weight is 534 g/mol. The van der Waals surface area contributed by atoms with Gasteiger partial charge in [-0.15, -0.1) is 5.10 Å². The standard InChI is InChI=1S/C26H21F2N7O2S/c1-24-13-25(24)7-8-26(24,22-14(25)10-18(33-34-22)21-15(27)4-3-5-16(21)28)20-12-29-11-19(31-20)17-6-9-30-23(32-17)35-38(2,36)37/h3-6,9-12H,7-8,13H2,1-2H3,(H,30,32,35)/t24?,25?,26-/m0/s1. The quantitative estimate of drug-likeness (QED) is 0.411. The van der Waals surface area contributed by atoms with Gasteiger partial charge < -0.3 is 0 Å². The smallest absolute Gasteiger partial charge is 0.237 e. The molecule has 12 heteroatoms. The summed E-state index contributed by atoms with van der Waals surface area (Å²) in [5.41, 5.74) is 2.41. The zero-order valence-corrected chi connectivity index (χ0v) is 21.2. The average Bonchev–Trinajstić information content (AvgIpc) is 3.35. The third kappa shape index (κ3) is 2.91. The van der Waals surface area contributed by atoms with E-state index in [2.05, 4.69) is 36.8 Å². The van der Waals surface area contributed by atoms with Crippen LogP contribution in [-0.2, 0) is 20.9 Å². The zero-order valence-electron chi connectivity index (χ0n) is 20.4. The van der Waals surface area contributed by atoms with Crippen molar-refractivity contribution in [3.8, 4) is 22.6 Å². The van der Waals surface area contributed by atoms with Crippen molar-refractivity contribution >= 4 is 16.0 Å². The number of nitrogens with zero attached hydrogens (tertiary/aromatic N) is 6. The van der Waals surface area contributed by atoms with Crippen LogP contribution in [0.2, 0.25) is 0 Å². The maximum atomic E-state index is 14.5. The van der Waals surface area contributed by atoms with E-state index >= 15 is 0 Å². The van der Waals surface area contributed by atoms with Crippen LogP contribution in [0.15, 0.2) is 48.9 Å². The van der Waals surface area contributed by atoms with Crippen LogP contribution in [0.5, 0.6) is 0 Å². The van der Waals surface area contributed by atoms with E-state index in [-0.39, 0.29) is 28.0 Å². The Morgan fingerprint density at radius 1 is 0.974 bits per heavy atom. The second kappa shape index (κ2) is 7.34. The number of hydrogen-bond donors (Lipinski definition) is 1. The fraction of sp³-hybridized carbons (Fsp3) is 0.308. The molecule has 0 saturated heterocycles. The number of aromatic nitrogens is 6. The molecule has 3 heterocycles. The minimum Gasteiger partial charge on any atom is -0.260 e. The van der Waals surface area contributed by atoms with Gasteiger partial charge in [-0.05, 0) is 54.5 Å². The van der Waals surface area contributed by atoms with E-state index in [0.29, 0.717) is 17.1 Å². The fourth-order valence-electron chi connectivity index (χ4n) is 6.95. The van der Waals surface area contributed by atoms with Crippen LogP contribution in [0.25, 0.3) is 22.6 Å². The Kier molecular flexibility index (Phi) is 4.48. The third-order valence-corrected chi connectivity index (χ3v) is 9.21. The number of benzene rings is 1. The molecule has 9 nitrogen and oxygen atoms in total. The Morgan fingerprint density at radius 3 is 2.50 bits per heavy atom. The van der Waals surface area contributed by atoms with Crippen molar-refractivity contribution in [3.05, 3.63) is 77.5 Å². The summed E-state index contributed by atoms with van der Waals surface area (Å²) >= 11 is 0. The highest BCUT2D eigenvalue weighted by molar-refractivity contribution is 7.91. The number of sulfonamides is 1. The number of halogens is 2. The first-order chi connectivity index (χ1) is 18.1. The minimum atomic E-state index is -3.55. The lowest BCUT2D eigenvalue weighted by atomic mass is 9.69. The van der Waals surface area contributed by atoms with Gasteiger partial charge in [0.1, 0.15) is 17.3 Å². The zero-order chi connectivity index (χ0) is 26.5. The largest absolute Gasteiger partial charge is 0.260 e. The molecule has 2 fully saturated rings. The summed E-state index contributed by atoms with van der Waals surface area (Å²) in [7, 11) is -3.55. The molecule has 2 unspecified atom stereocenters. The van der Waals surface area contributed by atoms with E-state index in [1.54, 1.807) is 24.5 Å². The van der Waals surface area contributed by atoms with Crippen molar-refractivity contribution in [2.75, 3.05) is 11.0 Å². The maximum absolute atomic E-state index is 14.5. The molecule has 2 bridgehead atoms. The summed E-state index contributed by atoms with van der Waals surface area (Å²) in [5.74, 6) is -1.42. The number of fused-ring (bicyclic) bond motifs is 2. The third-order valence-electron chi connectivity index (χ3n) is 8.65. The predicted octanol–water partition coefficient (Wildman–Crippen LogP) is 3.78. The van der Waals surface area contributed by atoms with Crippen LogP contribution >= 0.6 is 0 Å². The number of hydrogen-bond acceptors (Lipinski definition) is 8. The molecule has 4 aromatic rings. The topological polar surface area (TPSA) is 124 Å². The number of nitrogens with one attached hydrogen (secondary N) is 1. The number of rotatable bonds is 5. The van der Waals surface area contributed by atoms with Gasteiger partial charge in [-0.2, -0.15) is 5.10 Å². The summed E-state index contributed by atoms with van der Waals surface area (Å²) in [6.45, 7) is 2.21. The molecule has 192 valence electrons. The first kappa shape index (κ1) is 23.2. The first-order valence-corrected chi connectivity index (χ1v) is 13.9. The lowest BCUT2D eigenvalue weighted by Crippen LogP contribution is -2.35. The van der Waals surface area contributed by atoms with E-state index in [0.717, 1.165) is 36.8 Å². The van der Waals surface area contributed by atoms with Crippen LogP contribution < -0.4 is 4.72 Å². The molecule has 0 radical (unpaired) electrons. The van der Waals surface area contributed by atoms with Crippen molar-refractivity contribution < 1.29 is 17.2 Å². The molecule has 1 aromatic carbocycles. The van der Waals surface area contributed by atoms with Gasteiger partial charge in [0, 0.05) is 17.8 Å². The van der Waals surface area contributed by atoms with Gasteiger partial charge in [-0.3, -0.25) is 9.71 Å². The Morgan fingerprint density at radius 2 is 1.76 bits per heavy atom. The maximum Gasteiger partial charge on any atom is 0.237 e. The Balaban J connectivity index is 1.35. The van der Waals surface area contributed by atoms with Gasteiger partial charge in [-0.25, -0.2) is 32.2 Å². The molecule has 38 heavy (non-hydrogen) atoms. The highest BCUT2D eigenvalue weighted by atomic mass is 32.2. The van der Waals surface area contributed by atoms with Gasteiger partial charge in [0.05, 0.1) is 46.2 Å². The fourth-order valence-corrected chi connectivity index (χ4v) is 7.38. The first-order valence-electron chi connectivity index (χ1n) is 12.0. The van der Waals surface area contributed by atoms with E-state index in [1.165, 1.54) is 24.4 Å². The molecule has 3 aliphatic rings. The second-order valence-corrected chi connectivity index (χ2v) is 12.3. The lowest BCUT2D eigenvalue weighted by molar-refractivity contribution is 0.334. The Labute approximate surface area is 216 Å². The summed E-state index contributed by atoms with van der Waals surface area (Å²) in [5, 5.41) is 8.85. The summed E-state index contributed by atoms with van der Waals surface area (Å²) in [6.07, 6.45) is 8.35. The number of anilines is 1. The van der Waals surface area contributed by atoms with Gasteiger partial charge in [-0.1, -0.05) is 13.0 Å². The molecule has 3 atom stereocenters. The molecular weight excluding hydrogens is 512 g/mol. The Bertz CT molecular complexity index is 1760. The van der Waals surface area contributed by atoms with Gasteiger partial charge >= 0.3 is 0 Å². The monoisotopic (exact) mass is 533 g/mol. The molecule has 2 saturated carbocycles. The molecule has 0 aliphatic heterocycles. The predicted molar refractivity (Wildman–Crippen MR) is 133 cm³/mol. The van der Waals surface area contributed by atoms with E-state index in [9.17, 15) is 17.2 Å². The molecule has 0 amide bonds. The highest BCUT2D eigenvalue weighted by Crippen LogP contribution is 2.86. The lowest BCUT2D eigenvalue weighted by Gasteiger charge is -2.35. The van der Waals surface area contributed by atoms with Crippen LogP contribution in [0, 0.1) is 17.0 Å². The molecule has 3 aromatic heterocycles. The Hall–Kier alpha value is -3.93. The van der Waals surface area contributed by atoms with E-state index in [4.69, 9.17) is 4.98 Å². The molecule has 3 aliphatic carbocycles. The minimum absolute atomic E-state index is 0.0608. The molecule has 1 N–H and O–H groups in total. The van der Waals surface area contributed by atoms with Crippen LogP contribution in [0.4, 0.5) is 14.7 Å². The van der Waals surface area contributed by atoms with Crippen molar-refractivity contribution in [2.45, 2.75) is 37.0 Å². The SMILES string of the molecule is CC12CC13CC[C@]2(c1cncc(-c2ccnc(NS(C)(=O)=O)n2)n1)c1nnc(-c2c(F)cccc2F)cc13. The molecular formula is C26H21F2N7O2S. The van der Waals surface area contributed by atoms with Crippen molar-refractivity contribution in [3.63, 3.8) is 0 Å². The van der Waals surface area contributed by atoms with Crippen molar-refractivity contribution in [2.24, 2.45) is 5.41 Å². The molecule has 0 spiro atoms. The van der Waals surface area contributed by atoms with Gasteiger partial charge in [0.25, 0.3) is 0 Å². The van der Waals surface area contributed by atoms with Gasteiger partial charge in [0.15, 0.2) is 0 Å². The molecule has 7 rings (SSSR count). The summed E-state index contributed by atoms with van der Waals surface area (Å²) in [4.78, 5) is 17.7. The second-order valence-electron chi connectivity index (χ2n) is 10.5. The van der Waals surface area contributed by atoms with Crippen LogP contribution in [0.3, 0.4) is 0 Å². The summed E-state index contributed by atoms with van der Waals surface area (Å²) in [6, 6.07) is 7.18. The van der Waals surface area contributed by atoms with Crippen molar-refractivity contribution in [1.82, 2.24) is 30.1 Å². The van der Waals surface area contributed by atoms with Crippen LogP contribution in [-0.4, -0.2) is 44.8 Å². The van der Waals surface area contributed by atoms with E-state index in [1.807, 2.05) is 0 Å². The van der Waals surface area contributed by atoms with Crippen LogP contribution in [0.1, 0.15) is 43.1 Å². The van der Waals surface area contributed by atoms with E-state index < -0.39 is 27.1 Å². The highest BCUT2D eigenvalue weighted by Gasteiger charge is 2.84. The van der Waals surface area contributed by atoms with Gasteiger partial charge in [0.2, 0.25) is 16.0 Å². The normalized spacial score (nSPS) is 26.6. The summed E-state index contributed by atoms with van der Waals surface area (Å²) < 4.78 is 54.6. The van der Waals surface area contributed by atoms with Crippen molar-refractivity contribution in [1.29, 1.82) is 0 Å².